The van der Waals surface area contributed by atoms with Gasteiger partial charge in [-0.25, -0.2) is 9.59 Å². The third-order valence-electron chi connectivity index (χ3n) is 3.57. The molecule has 0 saturated carbocycles. The lowest BCUT2D eigenvalue weighted by Crippen LogP contribution is -2.45. The molecule has 0 radical (unpaired) electrons. The Labute approximate surface area is 157 Å². The zero-order valence-corrected chi connectivity index (χ0v) is 16.2. The van der Waals surface area contributed by atoms with Gasteiger partial charge in [-0.1, -0.05) is 38.8 Å². The summed E-state index contributed by atoms with van der Waals surface area (Å²) in [5.41, 5.74) is 6.21. The normalized spacial score (nSPS) is 12.4. The minimum atomic E-state index is -1.14. The molecule has 1 heterocycles. The summed E-state index contributed by atoms with van der Waals surface area (Å²) in [7, 11) is 0. The maximum absolute atomic E-state index is 12.0. The number of urea groups is 1. The van der Waals surface area contributed by atoms with Crippen LogP contribution in [0.4, 0.5) is 4.79 Å². The van der Waals surface area contributed by atoms with E-state index in [1.54, 1.807) is 25.5 Å². The molecule has 0 aliphatic heterocycles. The summed E-state index contributed by atoms with van der Waals surface area (Å²) in [6, 6.07) is -1.01. The Morgan fingerprint density at radius 3 is 2.58 bits per heavy atom. The Kier molecular flexibility index (Phi) is 8.31. The number of carbonyl (C=O) groups excluding carboxylic acids is 3. The monoisotopic (exact) mass is 384 g/mol. The van der Waals surface area contributed by atoms with Crippen LogP contribution in [0.3, 0.4) is 0 Å². The number of nitrogens with zero attached hydrogens (tertiary/aromatic N) is 2. The molecule has 0 bridgehead atoms. The van der Waals surface area contributed by atoms with Gasteiger partial charge in [0.25, 0.3) is 5.91 Å². The van der Waals surface area contributed by atoms with Crippen LogP contribution in [0.1, 0.15) is 44.9 Å². The number of primary amides is 1. The van der Waals surface area contributed by atoms with Crippen LogP contribution in [0.15, 0.2) is 6.08 Å². The van der Waals surface area contributed by atoms with Gasteiger partial charge in [0, 0.05) is 18.2 Å². The quantitative estimate of drug-likeness (QED) is 0.527. The molecule has 1 rings (SSSR count). The molecule has 3 N–H and O–H groups in total. The van der Waals surface area contributed by atoms with Crippen molar-refractivity contribution in [2.24, 2.45) is 11.7 Å². The molecular weight excluding hydrogens is 360 g/mol. The molecule has 1 atom stereocenters. The third kappa shape index (κ3) is 6.18. The lowest BCUT2D eigenvalue weighted by atomic mass is 10.1. The number of halogens is 1. The van der Waals surface area contributed by atoms with Crippen molar-refractivity contribution in [2.75, 3.05) is 0 Å². The second-order valence-electron chi connectivity index (χ2n) is 6.15. The van der Waals surface area contributed by atoms with Gasteiger partial charge >= 0.3 is 12.0 Å². The number of rotatable bonds is 8. The lowest BCUT2D eigenvalue weighted by Gasteiger charge is -2.18. The molecule has 1 aromatic rings. The van der Waals surface area contributed by atoms with Gasteiger partial charge in [0.05, 0.1) is 5.69 Å². The largest absolute Gasteiger partial charge is 0.449 e. The molecule has 1 aromatic heterocycles. The number of nitrogens with one attached hydrogen (secondary N) is 1. The van der Waals surface area contributed by atoms with E-state index in [1.807, 2.05) is 5.32 Å². The minimum absolute atomic E-state index is 0.339. The van der Waals surface area contributed by atoms with E-state index in [2.05, 4.69) is 12.0 Å². The van der Waals surface area contributed by atoms with Gasteiger partial charge in [0.15, 0.2) is 6.10 Å². The van der Waals surface area contributed by atoms with Crippen molar-refractivity contribution < 1.29 is 19.1 Å². The van der Waals surface area contributed by atoms with E-state index >= 15 is 0 Å². The summed E-state index contributed by atoms with van der Waals surface area (Å²) in [5.74, 6) is -1.84. The van der Waals surface area contributed by atoms with Gasteiger partial charge in [-0.05, 0) is 25.3 Å². The first kappa shape index (κ1) is 21.7. The van der Waals surface area contributed by atoms with Gasteiger partial charge < -0.3 is 10.5 Å². The topological polar surface area (TPSA) is 116 Å². The molecule has 0 saturated heterocycles. The number of aromatic nitrogens is 2. The van der Waals surface area contributed by atoms with Gasteiger partial charge in [-0.15, -0.1) is 0 Å². The first-order valence-electron chi connectivity index (χ1n) is 8.39. The number of carbonyl (C=O) groups is 3. The summed E-state index contributed by atoms with van der Waals surface area (Å²) < 4.78 is 6.82. The number of hydrogen-bond donors (Lipinski definition) is 2. The van der Waals surface area contributed by atoms with Crippen molar-refractivity contribution >= 4 is 35.6 Å². The van der Waals surface area contributed by atoms with Crippen molar-refractivity contribution in [3.63, 3.8) is 0 Å². The van der Waals surface area contributed by atoms with Gasteiger partial charge in [-0.2, -0.15) is 5.10 Å². The Hall–Kier alpha value is -2.35. The number of ether oxygens (including phenoxy) is 1. The van der Waals surface area contributed by atoms with Crippen LogP contribution in [0, 0.1) is 12.8 Å². The molecule has 0 fully saturated rings. The van der Waals surface area contributed by atoms with E-state index in [4.69, 9.17) is 22.1 Å². The van der Waals surface area contributed by atoms with E-state index in [-0.39, 0.29) is 5.92 Å². The smallest absolute Gasteiger partial charge is 0.331 e. The summed E-state index contributed by atoms with van der Waals surface area (Å²) >= 11 is 6.29. The van der Waals surface area contributed by atoms with Crippen LogP contribution >= 0.6 is 11.6 Å². The van der Waals surface area contributed by atoms with Crippen LogP contribution in [0.2, 0.25) is 5.15 Å². The molecule has 0 unspecified atom stereocenters. The van der Waals surface area contributed by atoms with Crippen LogP contribution < -0.4 is 11.1 Å². The minimum Gasteiger partial charge on any atom is -0.449 e. The maximum Gasteiger partial charge on any atom is 0.331 e. The van der Waals surface area contributed by atoms with Crippen LogP contribution in [-0.2, 0) is 20.9 Å². The number of nitrogens with two attached hydrogens (primary N) is 1. The second-order valence-corrected chi connectivity index (χ2v) is 6.51. The number of amides is 3. The fourth-order valence-electron chi connectivity index (χ4n) is 2.21. The Morgan fingerprint density at radius 2 is 2.04 bits per heavy atom. The van der Waals surface area contributed by atoms with Gasteiger partial charge in [-0.3, -0.25) is 14.8 Å². The highest BCUT2D eigenvalue weighted by Crippen LogP contribution is 2.22. The van der Waals surface area contributed by atoms with E-state index in [9.17, 15) is 14.4 Å². The highest BCUT2D eigenvalue weighted by atomic mass is 35.5. The number of esters is 1. The summed E-state index contributed by atoms with van der Waals surface area (Å²) in [6.45, 7) is 7.91. The molecule has 0 aliphatic rings. The molecule has 0 aromatic carbocycles. The Morgan fingerprint density at radius 1 is 1.38 bits per heavy atom. The molecule has 9 heteroatoms. The molecule has 0 spiro atoms. The molecule has 0 aliphatic carbocycles. The van der Waals surface area contributed by atoms with Crippen molar-refractivity contribution in [3.05, 3.63) is 22.5 Å². The SMILES string of the molecule is CCCCn1nc(C)c(/C=C/C(=O)O[C@H](C(=O)NC(N)=O)C(C)C)c1Cl. The zero-order chi connectivity index (χ0) is 19.9. The van der Waals surface area contributed by atoms with Crippen molar-refractivity contribution in [1.82, 2.24) is 15.1 Å². The number of imide groups is 1. The molecular formula is C17H25ClN4O4. The van der Waals surface area contributed by atoms with Crippen LogP contribution in [0.25, 0.3) is 6.08 Å². The summed E-state index contributed by atoms with van der Waals surface area (Å²) in [4.78, 5) is 34.7. The van der Waals surface area contributed by atoms with E-state index < -0.39 is 24.0 Å². The average Bonchev–Trinajstić information content (AvgIpc) is 2.81. The average molecular weight is 385 g/mol. The fraction of sp³-hybridized carbons (Fsp3) is 0.529. The molecule has 26 heavy (non-hydrogen) atoms. The molecule has 3 amide bonds. The first-order chi connectivity index (χ1) is 12.2. The van der Waals surface area contributed by atoms with Crippen molar-refractivity contribution in [1.29, 1.82) is 0 Å². The van der Waals surface area contributed by atoms with Gasteiger partial charge in [0.1, 0.15) is 5.15 Å². The second kappa shape index (κ2) is 9.96. The number of unbranched alkanes of at least 4 members (excludes halogenated alkanes) is 1. The van der Waals surface area contributed by atoms with Crippen LogP contribution in [0.5, 0.6) is 0 Å². The van der Waals surface area contributed by atoms with E-state index in [0.29, 0.717) is 23.0 Å². The first-order valence-corrected chi connectivity index (χ1v) is 8.77. The summed E-state index contributed by atoms with van der Waals surface area (Å²) in [6.07, 6.45) is 3.49. The van der Waals surface area contributed by atoms with Crippen molar-refractivity contribution in [2.45, 2.75) is 53.2 Å². The molecule has 8 nitrogen and oxygen atoms in total. The molecule has 144 valence electrons. The van der Waals surface area contributed by atoms with E-state index in [0.717, 1.165) is 12.8 Å². The highest BCUT2D eigenvalue weighted by molar-refractivity contribution is 6.31. The Balaban J connectivity index is 2.84. The Bertz CT molecular complexity index is 697. The van der Waals surface area contributed by atoms with Crippen molar-refractivity contribution in [3.8, 4) is 0 Å². The van der Waals surface area contributed by atoms with E-state index in [1.165, 1.54) is 12.2 Å². The standard InChI is InChI=1S/C17H25ClN4O4/c1-5-6-9-22-15(18)12(11(4)21-22)7-8-13(23)26-14(10(2)3)16(24)20-17(19)25/h7-8,10,14H,5-6,9H2,1-4H3,(H3,19,20,24,25)/b8-7+/t14-/m0/s1. The predicted octanol–water partition coefficient (Wildman–Crippen LogP) is 2.42. The summed E-state index contributed by atoms with van der Waals surface area (Å²) in [5, 5.41) is 6.69. The van der Waals surface area contributed by atoms with Crippen LogP contribution in [-0.4, -0.2) is 33.8 Å². The number of aryl methyl sites for hydroxylation is 2. The maximum atomic E-state index is 12.0. The van der Waals surface area contributed by atoms with Gasteiger partial charge in [0.2, 0.25) is 0 Å². The fourth-order valence-corrected chi connectivity index (χ4v) is 2.54. The predicted molar refractivity (Wildman–Crippen MR) is 98.4 cm³/mol. The number of hydrogen-bond acceptors (Lipinski definition) is 5. The lowest BCUT2D eigenvalue weighted by molar-refractivity contribution is -0.153. The highest BCUT2D eigenvalue weighted by Gasteiger charge is 2.26. The third-order valence-corrected chi connectivity index (χ3v) is 3.97. The zero-order valence-electron chi connectivity index (χ0n) is 15.4.